The zero-order chi connectivity index (χ0) is 26.0. The third-order valence-electron chi connectivity index (χ3n) is 3.19. The number of hydrogen-bond donors (Lipinski definition) is 4. The van der Waals surface area contributed by atoms with Crippen molar-refractivity contribution in [2.24, 2.45) is 10.7 Å². The lowest BCUT2D eigenvalue weighted by Crippen LogP contribution is -2.47. The number of amides is 4. The second kappa shape index (κ2) is 12.3. The lowest BCUT2D eigenvalue weighted by Gasteiger charge is -2.22. The van der Waals surface area contributed by atoms with E-state index in [4.69, 9.17) is 19.9 Å². The molecule has 0 unspecified atom stereocenters. The third-order valence-corrected chi connectivity index (χ3v) is 3.19. The van der Waals surface area contributed by atoms with Crippen LogP contribution in [0.2, 0.25) is 0 Å². The molecule has 0 spiro atoms. The molecule has 0 heterocycles. The van der Waals surface area contributed by atoms with Crippen molar-refractivity contribution >= 4 is 30.1 Å². The Labute approximate surface area is 195 Å². The fourth-order valence-corrected chi connectivity index (χ4v) is 2.13. The van der Waals surface area contributed by atoms with Gasteiger partial charge in [-0.25, -0.2) is 14.4 Å². The van der Waals surface area contributed by atoms with Gasteiger partial charge in [0.2, 0.25) is 11.9 Å². The van der Waals surface area contributed by atoms with Crippen molar-refractivity contribution in [3.05, 3.63) is 0 Å². The minimum atomic E-state index is -0.976. The number of carbonyl (C=O) groups excluding carboxylic acids is 4. The van der Waals surface area contributed by atoms with Crippen LogP contribution in [-0.2, 0) is 19.0 Å². The Morgan fingerprint density at radius 1 is 0.758 bits per heavy atom. The lowest BCUT2D eigenvalue weighted by molar-refractivity contribution is -0.120. The summed E-state index contributed by atoms with van der Waals surface area (Å²) in [5.41, 5.74) is 3.10. The van der Waals surface area contributed by atoms with Gasteiger partial charge in [-0.1, -0.05) is 0 Å². The molecule has 0 aromatic rings. The summed E-state index contributed by atoms with van der Waals surface area (Å²) >= 11 is 0. The van der Waals surface area contributed by atoms with Crippen molar-refractivity contribution in [2.45, 2.75) is 98.0 Å². The number of primary amides is 1. The first-order chi connectivity index (χ1) is 14.8. The van der Waals surface area contributed by atoms with Gasteiger partial charge in [0.05, 0.1) is 0 Å². The van der Waals surface area contributed by atoms with Crippen LogP contribution >= 0.6 is 0 Å². The Morgan fingerprint density at radius 2 is 1.15 bits per heavy atom. The van der Waals surface area contributed by atoms with Gasteiger partial charge in [0.25, 0.3) is 0 Å². The number of nitrogens with one attached hydrogen (secondary N) is 3. The molecule has 0 aliphatic carbocycles. The molecule has 0 aliphatic heterocycles. The van der Waals surface area contributed by atoms with Crippen LogP contribution in [0.1, 0.15) is 75.2 Å². The summed E-state index contributed by atoms with van der Waals surface area (Å²) in [6.45, 7) is 15.3. The van der Waals surface area contributed by atoms with Gasteiger partial charge in [-0.2, -0.15) is 0 Å². The summed E-state index contributed by atoms with van der Waals surface area (Å²) in [6.07, 6.45) is -1.96. The van der Waals surface area contributed by atoms with Gasteiger partial charge in [0.1, 0.15) is 22.8 Å². The zero-order valence-corrected chi connectivity index (χ0v) is 21.1. The van der Waals surface area contributed by atoms with Gasteiger partial charge in [0.15, 0.2) is 0 Å². The fourth-order valence-electron chi connectivity index (χ4n) is 2.13. The number of hydrogen-bond acceptors (Lipinski definition) is 8. The maximum atomic E-state index is 12.1. The topological polar surface area (TPSA) is 170 Å². The number of nitrogens with zero attached hydrogens (tertiary/aromatic N) is 1. The predicted octanol–water partition coefficient (Wildman–Crippen LogP) is 2.55. The monoisotopic (exact) mass is 473 g/mol. The molecule has 0 aromatic carbocycles. The van der Waals surface area contributed by atoms with E-state index >= 15 is 0 Å². The molecule has 0 saturated carbocycles. The normalized spacial score (nSPS) is 12.6. The summed E-state index contributed by atoms with van der Waals surface area (Å²) in [7, 11) is 0. The minimum absolute atomic E-state index is 0.0840. The first-order valence-corrected chi connectivity index (χ1v) is 10.6. The molecule has 4 amide bonds. The van der Waals surface area contributed by atoms with E-state index in [2.05, 4.69) is 20.9 Å². The predicted molar refractivity (Wildman–Crippen MR) is 123 cm³/mol. The smallest absolute Gasteiger partial charge is 0.414 e. The number of rotatable bonds is 6. The second-order valence-corrected chi connectivity index (χ2v) is 10.2. The average molecular weight is 474 g/mol. The Morgan fingerprint density at radius 3 is 1.52 bits per heavy atom. The SMILES string of the molecule is CC(C)(C)OC(=O)NC(=NCCC[C@H](NC(=O)OC(C)(C)C)C(N)=O)NC(=O)OC(C)(C)C. The molecule has 0 aliphatic rings. The first-order valence-electron chi connectivity index (χ1n) is 10.6. The van der Waals surface area contributed by atoms with Gasteiger partial charge in [-0.05, 0) is 75.2 Å². The highest BCUT2D eigenvalue weighted by atomic mass is 16.6. The van der Waals surface area contributed by atoms with Crippen molar-refractivity contribution in [3.63, 3.8) is 0 Å². The van der Waals surface area contributed by atoms with Crippen LogP contribution in [0.3, 0.4) is 0 Å². The molecular weight excluding hydrogens is 434 g/mol. The molecule has 190 valence electrons. The average Bonchev–Trinajstić information content (AvgIpc) is 2.51. The maximum absolute atomic E-state index is 12.1. The van der Waals surface area contributed by atoms with E-state index in [9.17, 15) is 19.2 Å². The molecule has 33 heavy (non-hydrogen) atoms. The van der Waals surface area contributed by atoms with Crippen LogP contribution in [0.5, 0.6) is 0 Å². The summed E-state index contributed by atoms with van der Waals surface area (Å²) in [6, 6.07) is -0.976. The van der Waals surface area contributed by atoms with E-state index in [0.717, 1.165) is 0 Å². The van der Waals surface area contributed by atoms with E-state index in [1.54, 1.807) is 62.3 Å². The molecule has 0 radical (unpaired) electrons. The fraction of sp³-hybridized carbons (Fsp3) is 0.762. The molecule has 0 bridgehead atoms. The van der Waals surface area contributed by atoms with E-state index in [0.29, 0.717) is 6.42 Å². The number of ether oxygens (including phenoxy) is 3. The van der Waals surface area contributed by atoms with Crippen LogP contribution in [0.25, 0.3) is 0 Å². The summed E-state index contributed by atoms with van der Waals surface area (Å²) in [4.78, 5) is 51.8. The Bertz CT molecular complexity index is 699. The van der Waals surface area contributed by atoms with Gasteiger partial charge < -0.3 is 25.3 Å². The van der Waals surface area contributed by atoms with E-state index in [-0.39, 0.29) is 18.9 Å². The van der Waals surface area contributed by atoms with E-state index in [1.807, 2.05) is 0 Å². The number of carbonyl (C=O) groups is 4. The summed E-state index contributed by atoms with van der Waals surface area (Å²) in [5, 5.41) is 7.12. The van der Waals surface area contributed by atoms with Crippen LogP contribution < -0.4 is 21.7 Å². The number of nitrogens with two attached hydrogens (primary N) is 1. The van der Waals surface area contributed by atoms with Crippen molar-refractivity contribution in [2.75, 3.05) is 6.54 Å². The maximum Gasteiger partial charge on any atom is 0.414 e. The highest BCUT2D eigenvalue weighted by Gasteiger charge is 2.23. The van der Waals surface area contributed by atoms with Crippen molar-refractivity contribution < 1.29 is 33.4 Å². The highest BCUT2D eigenvalue weighted by molar-refractivity contribution is 6.01. The quantitative estimate of drug-likeness (QED) is 0.199. The Hall–Kier alpha value is -3.05. The van der Waals surface area contributed by atoms with E-state index < -0.39 is 47.0 Å². The van der Waals surface area contributed by atoms with E-state index in [1.165, 1.54) is 0 Å². The molecule has 0 aromatic heterocycles. The third kappa shape index (κ3) is 17.2. The molecule has 0 rings (SSSR count). The molecular formula is C21H39N5O7. The zero-order valence-electron chi connectivity index (χ0n) is 21.1. The number of aliphatic imine (C=N–C) groups is 1. The molecule has 12 nitrogen and oxygen atoms in total. The first kappa shape index (κ1) is 29.9. The Balaban J connectivity index is 5.10. The lowest BCUT2D eigenvalue weighted by atomic mass is 10.1. The van der Waals surface area contributed by atoms with Crippen molar-refractivity contribution in [1.29, 1.82) is 0 Å². The minimum Gasteiger partial charge on any atom is -0.444 e. The molecule has 1 atom stereocenters. The number of guanidine groups is 1. The largest absolute Gasteiger partial charge is 0.444 e. The Kier molecular flexibility index (Phi) is 11.1. The van der Waals surface area contributed by atoms with Crippen LogP contribution in [0.4, 0.5) is 14.4 Å². The van der Waals surface area contributed by atoms with Crippen molar-refractivity contribution in [1.82, 2.24) is 16.0 Å². The van der Waals surface area contributed by atoms with Gasteiger partial charge in [0, 0.05) is 6.54 Å². The van der Waals surface area contributed by atoms with Gasteiger partial charge in [-0.15, -0.1) is 0 Å². The molecule has 0 fully saturated rings. The van der Waals surface area contributed by atoms with Gasteiger partial charge >= 0.3 is 18.3 Å². The summed E-state index contributed by atoms with van der Waals surface area (Å²) in [5.74, 6) is -0.918. The molecule has 5 N–H and O–H groups in total. The van der Waals surface area contributed by atoms with Gasteiger partial charge in [-0.3, -0.25) is 20.4 Å². The highest BCUT2D eigenvalue weighted by Crippen LogP contribution is 2.09. The van der Waals surface area contributed by atoms with Crippen LogP contribution in [0, 0.1) is 0 Å². The standard InChI is InChI=1S/C21H39N5O7/c1-19(2,3)31-16(28)24-13(14(22)27)11-10-12-23-15(25-17(29)32-20(4,5)6)26-18(30)33-21(7,8)9/h13H,10-12H2,1-9H3,(H2,22,27)(H,24,28)(H2,23,25,26,29,30)/t13-/m0/s1. The summed E-state index contributed by atoms with van der Waals surface area (Å²) < 4.78 is 15.5. The second-order valence-electron chi connectivity index (χ2n) is 10.2. The number of alkyl carbamates (subject to hydrolysis) is 3. The van der Waals surface area contributed by atoms with Crippen molar-refractivity contribution in [3.8, 4) is 0 Å². The van der Waals surface area contributed by atoms with Crippen LogP contribution in [0.15, 0.2) is 4.99 Å². The molecule has 0 saturated heterocycles. The molecule has 12 heteroatoms. The van der Waals surface area contributed by atoms with Crippen LogP contribution in [-0.4, -0.2) is 59.5 Å².